The van der Waals surface area contributed by atoms with Crippen molar-refractivity contribution < 1.29 is 9.53 Å². The highest BCUT2D eigenvalue weighted by Gasteiger charge is 2.26. The number of hydrogen-bond donors (Lipinski definition) is 1. The van der Waals surface area contributed by atoms with Gasteiger partial charge in [0.1, 0.15) is 6.04 Å². The number of methoxy groups -OCH3 is 1. The number of esters is 1. The van der Waals surface area contributed by atoms with Crippen molar-refractivity contribution in [3.8, 4) is 0 Å². The number of carbonyl (C=O) groups excluding carboxylic acids is 1. The van der Waals surface area contributed by atoms with Gasteiger partial charge in [-0.05, 0) is 26.2 Å². The number of aryl methyl sites for hydroxylation is 1. The number of fused-ring (bicyclic) bond motifs is 1. The van der Waals surface area contributed by atoms with E-state index in [1.54, 1.807) is 0 Å². The summed E-state index contributed by atoms with van der Waals surface area (Å²) in [6.45, 7) is 1.83. The summed E-state index contributed by atoms with van der Waals surface area (Å²) in [6, 6.07) is -0.0716. The molecule has 1 aromatic rings. The lowest BCUT2D eigenvalue weighted by Gasteiger charge is -2.26. The van der Waals surface area contributed by atoms with Gasteiger partial charge in [-0.15, -0.1) is 0 Å². The maximum Gasteiger partial charge on any atom is 0.322 e. The lowest BCUT2D eigenvalue weighted by molar-refractivity contribution is -0.142. The normalized spacial score (nSPS) is 20.8. The Morgan fingerprint density at radius 3 is 3.18 bits per heavy atom. The maximum absolute atomic E-state index is 11.4. The van der Waals surface area contributed by atoms with Crippen molar-refractivity contribution in [2.75, 3.05) is 7.11 Å². The van der Waals surface area contributed by atoms with Crippen LogP contribution in [0.5, 0.6) is 0 Å². The van der Waals surface area contributed by atoms with Crippen molar-refractivity contribution in [2.24, 2.45) is 7.05 Å². The van der Waals surface area contributed by atoms with Crippen LogP contribution in [0, 0.1) is 0 Å². The van der Waals surface area contributed by atoms with E-state index in [1.807, 2.05) is 24.9 Å². The largest absolute Gasteiger partial charge is 0.468 e. The lowest BCUT2D eigenvalue weighted by atomic mass is 9.92. The topological polar surface area (TPSA) is 56.1 Å². The van der Waals surface area contributed by atoms with Gasteiger partial charge in [0.2, 0.25) is 0 Å². The Hall–Kier alpha value is -1.36. The second kappa shape index (κ2) is 4.87. The summed E-state index contributed by atoms with van der Waals surface area (Å²) in [5.74, 6) is -0.221. The molecule has 2 rings (SSSR count). The van der Waals surface area contributed by atoms with Crippen LogP contribution in [0.4, 0.5) is 0 Å². The molecule has 1 heterocycles. The van der Waals surface area contributed by atoms with Crippen LogP contribution in [0.2, 0.25) is 0 Å². The molecule has 1 aliphatic rings. The molecule has 0 aromatic carbocycles. The molecular formula is C12H19N3O2. The summed E-state index contributed by atoms with van der Waals surface area (Å²) in [5.41, 5.74) is 2.49. The fourth-order valence-electron chi connectivity index (χ4n) is 2.43. The summed E-state index contributed by atoms with van der Waals surface area (Å²) in [6.07, 6.45) is 5.13. The highest BCUT2D eigenvalue weighted by atomic mass is 16.5. The van der Waals surface area contributed by atoms with Gasteiger partial charge in [-0.3, -0.25) is 14.8 Å². The molecule has 1 N–H and O–H groups in total. The molecule has 5 nitrogen and oxygen atoms in total. The van der Waals surface area contributed by atoms with E-state index in [2.05, 4.69) is 10.4 Å². The molecule has 0 bridgehead atoms. The Labute approximate surface area is 101 Å². The first-order chi connectivity index (χ1) is 8.13. The zero-order valence-corrected chi connectivity index (χ0v) is 10.6. The van der Waals surface area contributed by atoms with Gasteiger partial charge in [-0.1, -0.05) is 0 Å². The van der Waals surface area contributed by atoms with Crippen molar-refractivity contribution >= 4 is 5.97 Å². The van der Waals surface area contributed by atoms with Crippen molar-refractivity contribution in [3.63, 3.8) is 0 Å². The predicted octanol–water partition coefficient (Wildman–Crippen LogP) is 0.949. The highest BCUT2D eigenvalue weighted by Crippen LogP contribution is 2.29. The second-order valence-corrected chi connectivity index (χ2v) is 4.53. The first kappa shape index (κ1) is 12.1. The van der Waals surface area contributed by atoms with Gasteiger partial charge >= 0.3 is 5.97 Å². The Kier molecular flexibility index (Phi) is 3.47. The SMILES string of the molecule is COC(=O)C(C)NC1CCCc2c1cnn2C. The van der Waals surface area contributed by atoms with Crippen LogP contribution >= 0.6 is 0 Å². The zero-order chi connectivity index (χ0) is 12.4. The third kappa shape index (κ3) is 2.34. The minimum Gasteiger partial charge on any atom is -0.468 e. The van der Waals surface area contributed by atoms with Crippen molar-refractivity contribution in [1.82, 2.24) is 15.1 Å². The van der Waals surface area contributed by atoms with E-state index in [0.29, 0.717) is 0 Å². The summed E-state index contributed by atoms with van der Waals surface area (Å²) in [7, 11) is 3.38. The Morgan fingerprint density at radius 1 is 1.71 bits per heavy atom. The van der Waals surface area contributed by atoms with E-state index < -0.39 is 0 Å². The smallest absolute Gasteiger partial charge is 0.322 e. The monoisotopic (exact) mass is 237 g/mol. The van der Waals surface area contributed by atoms with Crippen LogP contribution in [0.15, 0.2) is 6.20 Å². The van der Waals surface area contributed by atoms with Gasteiger partial charge in [0.25, 0.3) is 0 Å². The van der Waals surface area contributed by atoms with Gasteiger partial charge in [0.05, 0.1) is 13.3 Å². The molecule has 0 radical (unpaired) electrons. The third-order valence-electron chi connectivity index (χ3n) is 3.38. The molecule has 1 aromatic heterocycles. The van der Waals surface area contributed by atoms with Gasteiger partial charge in [-0.2, -0.15) is 5.10 Å². The lowest BCUT2D eigenvalue weighted by Crippen LogP contribution is -2.38. The Bertz CT molecular complexity index is 414. The molecule has 2 atom stereocenters. The van der Waals surface area contributed by atoms with Crippen molar-refractivity contribution in [3.05, 3.63) is 17.5 Å². The summed E-state index contributed by atoms with van der Waals surface area (Å²) >= 11 is 0. The minimum absolute atomic E-state index is 0.210. The van der Waals surface area contributed by atoms with Crippen LogP contribution in [0.1, 0.15) is 37.1 Å². The van der Waals surface area contributed by atoms with E-state index in [1.165, 1.54) is 18.4 Å². The minimum atomic E-state index is -0.281. The fraction of sp³-hybridized carbons (Fsp3) is 0.667. The number of nitrogens with zero attached hydrogens (tertiary/aromatic N) is 2. The summed E-state index contributed by atoms with van der Waals surface area (Å²) < 4.78 is 6.65. The molecule has 0 spiro atoms. The number of hydrogen-bond acceptors (Lipinski definition) is 4. The van der Waals surface area contributed by atoms with Gasteiger partial charge in [-0.25, -0.2) is 0 Å². The molecule has 5 heteroatoms. The third-order valence-corrected chi connectivity index (χ3v) is 3.38. The van der Waals surface area contributed by atoms with Crippen LogP contribution < -0.4 is 5.32 Å². The summed E-state index contributed by atoms with van der Waals surface area (Å²) in [4.78, 5) is 11.4. The molecule has 0 saturated carbocycles. The fourth-order valence-corrected chi connectivity index (χ4v) is 2.43. The average molecular weight is 237 g/mol. The standard InChI is InChI=1S/C12H19N3O2/c1-8(12(16)17-3)14-10-5-4-6-11-9(10)7-13-15(11)2/h7-8,10,14H,4-6H2,1-3H3. The second-order valence-electron chi connectivity index (χ2n) is 4.53. The van der Waals surface area contributed by atoms with E-state index in [0.717, 1.165) is 19.3 Å². The van der Waals surface area contributed by atoms with Gasteiger partial charge in [0.15, 0.2) is 0 Å². The average Bonchev–Trinajstić information content (AvgIpc) is 2.71. The molecule has 2 unspecified atom stereocenters. The van der Waals surface area contributed by atoms with Crippen LogP contribution in [-0.4, -0.2) is 28.9 Å². The van der Waals surface area contributed by atoms with Crippen LogP contribution in [0.25, 0.3) is 0 Å². The number of carbonyl (C=O) groups is 1. The Morgan fingerprint density at radius 2 is 2.47 bits per heavy atom. The molecule has 94 valence electrons. The molecule has 1 aliphatic carbocycles. The van der Waals surface area contributed by atoms with Crippen LogP contribution in [-0.2, 0) is 23.0 Å². The van der Waals surface area contributed by atoms with E-state index in [9.17, 15) is 4.79 Å². The van der Waals surface area contributed by atoms with Crippen LogP contribution in [0.3, 0.4) is 0 Å². The Balaban J connectivity index is 2.11. The van der Waals surface area contributed by atoms with E-state index in [-0.39, 0.29) is 18.1 Å². The number of rotatable bonds is 3. The van der Waals surface area contributed by atoms with E-state index >= 15 is 0 Å². The van der Waals surface area contributed by atoms with Gasteiger partial charge < -0.3 is 4.74 Å². The van der Waals surface area contributed by atoms with E-state index in [4.69, 9.17) is 4.74 Å². The van der Waals surface area contributed by atoms with Gasteiger partial charge in [0, 0.05) is 24.3 Å². The molecule has 0 aliphatic heterocycles. The van der Waals surface area contributed by atoms with Crippen molar-refractivity contribution in [2.45, 2.75) is 38.3 Å². The predicted molar refractivity (Wildman–Crippen MR) is 63.5 cm³/mol. The molecule has 0 fully saturated rings. The number of nitrogens with one attached hydrogen (secondary N) is 1. The number of ether oxygens (including phenoxy) is 1. The molecular weight excluding hydrogens is 218 g/mol. The molecule has 17 heavy (non-hydrogen) atoms. The first-order valence-corrected chi connectivity index (χ1v) is 5.98. The zero-order valence-electron chi connectivity index (χ0n) is 10.6. The first-order valence-electron chi connectivity index (χ1n) is 5.98. The van der Waals surface area contributed by atoms with Crippen molar-refractivity contribution in [1.29, 1.82) is 0 Å². The molecule has 0 amide bonds. The number of aromatic nitrogens is 2. The maximum atomic E-state index is 11.4. The quantitative estimate of drug-likeness (QED) is 0.795. The summed E-state index contributed by atoms with van der Waals surface area (Å²) in [5, 5.41) is 7.59. The molecule has 0 saturated heterocycles. The highest BCUT2D eigenvalue weighted by molar-refractivity contribution is 5.75.